The van der Waals surface area contributed by atoms with Gasteiger partial charge in [-0.1, -0.05) is 30.3 Å². The number of hydrogen-bond acceptors (Lipinski definition) is 5. The topological polar surface area (TPSA) is 92.8 Å². The minimum Gasteiger partial charge on any atom is -0.466 e. The van der Waals surface area contributed by atoms with Gasteiger partial charge in [-0.15, -0.1) is 0 Å². The fraction of sp³-hybridized carbons (Fsp3) is 0.308. The van der Waals surface area contributed by atoms with Gasteiger partial charge in [0.05, 0.1) is 53.2 Å². The van der Waals surface area contributed by atoms with Crippen molar-refractivity contribution in [1.29, 1.82) is 0 Å². The second-order valence-corrected chi connectivity index (χ2v) is 9.22. The first-order valence-electron chi connectivity index (χ1n) is 11.8. The maximum absolute atomic E-state index is 13.7. The Balaban J connectivity index is 1.76. The Morgan fingerprint density at radius 2 is 1.71 bits per heavy atom. The number of furan rings is 1. The molecule has 5 heterocycles. The van der Waals surface area contributed by atoms with Crippen molar-refractivity contribution in [2.24, 2.45) is 14.1 Å². The largest absolute Gasteiger partial charge is 0.466 e. The van der Waals surface area contributed by atoms with Gasteiger partial charge in [0.25, 0.3) is 5.56 Å². The number of aryl methyl sites for hydroxylation is 2. The molecule has 0 radical (unpaired) electrons. The molecule has 1 aliphatic rings. The van der Waals surface area contributed by atoms with Gasteiger partial charge in [0.2, 0.25) is 0 Å². The van der Waals surface area contributed by atoms with Gasteiger partial charge >= 0.3 is 5.69 Å². The van der Waals surface area contributed by atoms with E-state index < -0.39 is 0 Å². The van der Waals surface area contributed by atoms with Crippen LogP contribution in [-0.2, 0) is 20.6 Å². The van der Waals surface area contributed by atoms with Gasteiger partial charge in [0.1, 0.15) is 11.5 Å². The van der Waals surface area contributed by atoms with E-state index in [4.69, 9.17) is 4.42 Å². The maximum Gasteiger partial charge on any atom is 0.331 e. The monoisotopic (exact) mass is 470 g/mol. The van der Waals surface area contributed by atoms with E-state index in [9.17, 15) is 9.59 Å². The maximum atomic E-state index is 13.7. The van der Waals surface area contributed by atoms with E-state index in [1.807, 2.05) is 49.4 Å². The van der Waals surface area contributed by atoms with Gasteiger partial charge in [-0.05, 0) is 37.5 Å². The van der Waals surface area contributed by atoms with E-state index in [0.29, 0.717) is 17.4 Å². The van der Waals surface area contributed by atoms with Crippen LogP contribution in [-0.4, -0.2) is 28.7 Å². The van der Waals surface area contributed by atoms with Gasteiger partial charge in [-0.25, -0.2) is 4.79 Å². The zero-order chi connectivity index (χ0) is 24.3. The number of benzene rings is 1. The third-order valence-corrected chi connectivity index (χ3v) is 7.12. The second kappa shape index (κ2) is 7.97. The van der Waals surface area contributed by atoms with Crippen molar-refractivity contribution in [2.75, 3.05) is 0 Å². The van der Waals surface area contributed by atoms with Gasteiger partial charge in [-0.3, -0.25) is 13.9 Å². The first-order chi connectivity index (χ1) is 17.0. The lowest BCUT2D eigenvalue weighted by molar-refractivity contribution is 0.302. The Kier molecular flexibility index (Phi) is 4.87. The van der Waals surface area contributed by atoms with Crippen molar-refractivity contribution in [1.82, 2.24) is 28.7 Å². The van der Waals surface area contributed by atoms with Crippen LogP contribution in [0.5, 0.6) is 0 Å². The average Bonchev–Trinajstić information content (AvgIpc) is 3.61. The molecule has 1 aromatic carbocycles. The van der Waals surface area contributed by atoms with Crippen LogP contribution in [0.4, 0.5) is 0 Å². The smallest absolute Gasteiger partial charge is 0.331 e. The van der Waals surface area contributed by atoms with E-state index in [-0.39, 0.29) is 23.2 Å². The number of nitrogens with zero attached hydrogens (tertiary/aromatic N) is 6. The highest BCUT2D eigenvalue weighted by Gasteiger charge is 2.37. The predicted octanol–water partition coefficient (Wildman–Crippen LogP) is 3.37. The molecular formula is C26H26N6O3. The summed E-state index contributed by atoms with van der Waals surface area (Å²) in [6.07, 6.45) is 4.99. The highest BCUT2D eigenvalue weighted by atomic mass is 16.3. The molecule has 0 bridgehead atoms. The summed E-state index contributed by atoms with van der Waals surface area (Å²) >= 11 is 0. The van der Waals surface area contributed by atoms with Crippen LogP contribution in [0.1, 0.15) is 42.0 Å². The average molecular weight is 471 g/mol. The van der Waals surface area contributed by atoms with Crippen molar-refractivity contribution in [3.8, 4) is 11.3 Å². The molecule has 178 valence electrons. The molecule has 0 N–H and O–H groups in total. The van der Waals surface area contributed by atoms with Gasteiger partial charge < -0.3 is 8.98 Å². The zero-order valence-electron chi connectivity index (χ0n) is 19.9. The van der Waals surface area contributed by atoms with Crippen LogP contribution in [0.2, 0.25) is 0 Å². The highest BCUT2D eigenvalue weighted by Crippen LogP contribution is 2.47. The van der Waals surface area contributed by atoms with Gasteiger partial charge in [0.15, 0.2) is 0 Å². The molecule has 6 rings (SSSR count). The number of hydrogen-bond donors (Lipinski definition) is 0. The third kappa shape index (κ3) is 3.22. The van der Waals surface area contributed by atoms with E-state index >= 15 is 0 Å². The quantitative estimate of drug-likeness (QED) is 0.402. The first-order valence-corrected chi connectivity index (χ1v) is 11.8. The summed E-state index contributed by atoms with van der Waals surface area (Å²) in [5.74, 6) is 1.58. The Morgan fingerprint density at radius 1 is 0.971 bits per heavy atom. The fourth-order valence-electron chi connectivity index (χ4n) is 5.55. The SMILES string of the molecule is Cc1ccc([C@H]2CC[C@@H](Cn3nccn3)n3c(-c4ccccc4)c4c(=O)n(C)c(=O)n(C)c4c32)o1. The summed E-state index contributed by atoms with van der Waals surface area (Å²) < 4.78 is 11.1. The molecular weight excluding hydrogens is 444 g/mol. The molecule has 35 heavy (non-hydrogen) atoms. The molecule has 0 amide bonds. The fourth-order valence-corrected chi connectivity index (χ4v) is 5.55. The molecule has 2 atom stereocenters. The lowest BCUT2D eigenvalue weighted by atomic mass is 9.89. The minimum absolute atomic E-state index is 0.00729. The van der Waals surface area contributed by atoms with E-state index in [0.717, 1.165) is 41.3 Å². The van der Waals surface area contributed by atoms with Crippen molar-refractivity contribution in [2.45, 2.75) is 38.3 Å². The van der Waals surface area contributed by atoms with E-state index in [1.165, 1.54) is 11.6 Å². The summed E-state index contributed by atoms with van der Waals surface area (Å²) in [6.45, 7) is 2.48. The van der Waals surface area contributed by atoms with Crippen LogP contribution in [0.15, 0.2) is 68.9 Å². The lowest BCUT2D eigenvalue weighted by Gasteiger charge is -2.32. The van der Waals surface area contributed by atoms with Crippen LogP contribution in [0.25, 0.3) is 22.2 Å². The molecule has 0 aliphatic carbocycles. The van der Waals surface area contributed by atoms with E-state index in [1.54, 1.807) is 28.8 Å². The summed E-state index contributed by atoms with van der Waals surface area (Å²) in [5, 5.41) is 9.22. The Labute approximate surface area is 200 Å². The number of fused-ring (bicyclic) bond motifs is 3. The van der Waals surface area contributed by atoms with Crippen LogP contribution >= 0.6 is 0 Å². The molecule has 9 nitrogen and oxygen atoms in total. The molecule has 0 saturated carbocycles. The van der Waals surface area contributed by atoms with Crippen molar-refractivity contribution in [3.63, 3.8) is 0 Å². The summed E-state index contributed by atoms with van der Waals surface area (Å²) in [7, 11) is 3.27. The molecule has 1 aliphatic heterocycles. The van der Waals surface area contributed by atoms with Crippen molar-refractivity contribution >= 4 is 10.9 Å². The number of rotatable bonds is 4. The Hall–Kier alpha value is -4.14. The van der Waals surface area contributed by atoms with Crippen LogP contribution < -0.4 is 11.2 Å². The van der Waals surface area contributed by atoms with Crippen molar-refractivity contribution < 1.29 is 4.42 Å². The standard InChI is InChI=1S/C26H26N6O3/c1-16-9-12-20(35-16)19-11-10-18(15-31-27-13-14-28-31)32-22(17-7-5-4-6-8-17)21-24(23(19)32)29(2)26(34)30(3)25(21)33/h4-9,12-14,18-19H,10-11,15H2,1-3H3/t18-,19+/m0/s1. The van der Waals surface area contributed by atoms with Crippen LogP contribution in [0, 0.1) is 6.92 Å². The Morgan fingerprint density at radius 3 is 2.40 bits per heavy atom. The normalized spacial score (nSPS) is 17.7. The minimum atomic E-state index is -0.347. The second-order valence-electron chi connectivity index (χ2n) is 9.22. The zero-order valence-corrected chi connectivity index (χ0v) is 19.9. The molecule has 4 aromatic heterocycles. The third-order valence-electron chi connectivity index (χ3n) is 7.12. The lowest BCUT2D eigenvalue weighted by Crippen LogP contribution is -2.37. The van der Waals surface area contributed by atoms with Gasteiger partial charge in [-0.2, -0.15) is 15.0 Å². The molecule has 0 spiro atoms. The van der Waals surface area contributed by atoms with Gasteiger partial charge in [0, 0.05) is 14.1 Å². The molecule has 0 saturated heterocycles. The summed E-state index contributed by atoms with van der Waals surface area (Å²) in [6, 6.07) is 13.9. The summed E-state index contributed by atoms with van der Waals surface area (Å²) in [4.78, 5) is 28.4. The summed E-state index contributed by atoms with van der Waals surface area (Å²) in [5.41, 5.74) is 2.68. The molecule has 5 aromatic rings. The molecule has 9 heteroatoms. The first kappa shape index (κ1) is 21.4. The van der Waals surface area contributed by atoms with Crippen molar-refractivity contribution in [3.05, 3.63) is 92.9 Å². The van der Waals surface area contributed by atoms with Crippen LogP contribution in [0.3, 0.4) is 0 Å². The number of aromatic nitrogens is 6. The molecule has 0 fully saturated rings. The highest BCUT2D eigenvalue weighted by molar-refractivity contribution is 5.96. The Bertz CT molecular complexity index is 1650. The molecule has 0 unspecified atom stereocenters. The van der Waals surface area contributed by atoms with E-state index in [2.05, 4.69) is 14.8 Å². The predicted molar refractivity (Wildman–Crippen MR) is 131 cm³/mol.